The first-order chi connectivity index (χ1) is 13.1. The maximum atomic E-state index is 12.4. The molecule has 0 unspecified atom stereocenters. The van der Waals surface area contributed by atoms with Crippen LogP contribution in [0.1, 0.15) is 24.0 Å². The molecule has 2 aromatic carbocycles. The Balaban J connectivity index is 1.41. The summed E-state index contributed by atoms with van der Waals surface area (Å²) in [5, 5.41) is 11.0. The molecule has 0 saturated heterocycles. The minimum atomic E-state index is -0.437. The molecule has 1 aromatic heterocycles. The molecule has 7 nitrogen and oxygen atoms in total. The second-order valence-electron chi connectivity index (χ2n) is 6.48. The number of aryl methyl sites for hydroxylation is 3. The number of nitrogens with zero attached hydrogens (tertiary/aromatic N) is 4. The summed E-state index contributed by atoms with van der Waals surface area (Å²) in [4.78, 5) is 24.7. The number of benzene rings is 2. The number of tetrazole rings is 1. The number of rotatable bonds is 5. The Bertz CT molecular complexity index is 1060. The zero-order valence-corrected chi connectivity index (χ0v) is 15.3. The van der Waals surface area contributed by atoms with Crippen LogP contribution in [0.5, 0.6) is 0 Å². The highest BCUT2D eigenvalue weighted by atomic mass is 35.5. The molecule has 1 aliphatic rings. The van der Waals surface area contributed by atoms with Crippen LogP contribution in [0.4, 0.5) is 5.69 Å². The molecule has 8 heteroatoms. The Morgan fingerprint density at radius 2 is 1.93 bits per heavy atom. The maximum absolute atomic E-state index is 12.4. The number of fused-ring (bicyclic) bond motifs is 1. The molecule has 0 aliphatic heterocycles. The highest BCUT2D eigenvalue weighted by Gasteiger charge is 2.14. The van der Waals surface area contributed by atoms with Gasteiger partial charge in [-0.3, -0.25) is 4.79 Å². The Labute approximate surface area is 160 Å². The highest BCUT2D eigenvalue weighted by molar-refractivity contribution is 6.32. The number of carbonyl (C=O) groups excluding carboxylic acids is 1. The second-order valence-corrected chi connectivity index (χ2v) is 6.89. The van der Waals surface area contributed by atoms with Gasteiger partial charge in [-0.2, -0.15) is 9.36 Å². The van der Waals surface area contributed by atoms with Crippen molar-refractivity contribution in [3.05, 3.63) is 69.1 Å². The molecule has 1 N–H and O–H groups in total. The van der Waals surface area contributed by atoms with Crippen molar-refractivity contribution < 1.29 is 4.79 Å². The van der Waals surface area contributed by atoms with E-state index >= 15 is 0 Å². The molecular weight excluding hydrogens is 366 g/mol. The van der Waals surface area contributed by atoms with Crippen molar-refractivity contribution in [2.75, 3.05) is 5.32 Å². The van der Waals surface area contributed by atoms with Gasteiger partial charge < -0.3 is 5.32 Å². The summed E-state index contributed by atoms with van der Waals surface area (Å²) >= 11 is 6.10. The minimum absolute atomic E-state index is 0.123. The van der Waals surface area contributed by atoms with Crippen molar-refractivity contribution >= 4 is 23.2 Å². The number of para-hydroxylation sites is 1. The third kappa shape index (κ3) is 3.64. The van der Waals surface area contributed by atoms with Crippen molar-refractivity contribution in [2.45, 2.75) is 32.2 Å². The van der Waals surface area contributed by atoms with Crippen molar-refractivity contribution in [2.24, 2.45) is 0 Å². The largest absolute Gasteiger partial charge is 0.368 e. The van der Waals surface area contributed by atoms with Gasteiger partial charge in [0.2, 0.25) is 5.91 Å². The van der Waals surface area contributed by atoms with Gasteiger partial charge in [-0.1, -0.05) is 29.8 Å². The van der Waals surface area contributed by atoms with Crippen LogP contribution >= 0.6 is 11.6 Å². The predicted molar refractivity (Wildman–Crippen MR) is 102 cm³/mol. The second kappa shape index (κ2) is 7.36. The van der Waals surface area contributed by atoms with E-state index in [9.17, 15) is 9.59 Å². The van der Waals surface area contributed by atoms with Crippen LogP contribution < -0.4 is 11.0 Å². The Morgan fingerprint density at radius 3 is 2.78 bits per heavy atom. The zero-order valence-electron chi connectivity index (χ0n) is 14.6. The lowest BCUT2D eigenvalue weighted by Gasteiger charge is -2.07. The van der Waals surface area contributed by atoms with Crippen molar-refractivity contribution in [1.29, 1.82) is 0 Å². The van der Waals surface area contributed by atoms with Crippen LogP contribution in [0.2, 0.25) is 5.02 Å². The fraction of sp³-hybridized carbons (Fsp3) is 0.263. The van der Waals surface area contributed by atoms with Crippen LogP contribution in [0.3, 0.4) is 0 Å². The number of hydrogen-bond acceptors (Lipinski definition) is 4. The van der Waals surface area contributed by atoms with E-state index in [1.807, 2.05) is 12.1 Å². The van der Waals surface area contributed by atoms with Crippen molar-refractivity contribution in [3.8, 4) is 5.69 Å². The average Bonchev–Trinajstić information content (AvgIpc) is 3.27. The van der Waals surface area contributed by atoms with Gasteiger partial charge in [0.05, 0.1) is 17.3 Å². The van der Waals surface area contributed by atoms with E-state index in [1.165, 1.54) is 11.1 Å². The summed E-state index contributed by atoms with van der Waals surface area (Å²) in [5.74, 6) is -0.174. The summed E-state index contributed by atoms with van der Waals surface area (Å²) in [5.41, 5.74) is 3.46. The topological polar surface area (TPSA) is 81.8 Å². The van der Waals surface area contributed by atoms with Crippen LogP contribution in [-0.4, -0.2) is 25.7 Å². The number of amides is 1. The van der Waals surface area contributed by atoms with E-state index in [0.717, 1.165) is 34.3 Å². The third-order valence-corrected chi connectivity index (χ3v) is 4.97. The molecule has 3 aromatic rings. The molecule has 0 fully saturated rings. The molecule has 27 heavy (non-hydrogen) atoms. The van der Waals surface area contributed by atoms with E-state index in [1.54, 1.807) is 24.3 Å². The van der Waals surface area contributed by atoms with Gasteiger partial charge in [-0.05, 0) is 65.1 Å². The molecule has 0 atom stereocenters. The van der Waals surface area contributed by atoms with Gasteiger partial charge in [0.1, 0.15) is 0 Å². The summed E-state index contributed by atoms with van der Waals surface area (Å²) in [6.45, 7) is 0.139. The van der Waals surface area contributed by atoms with E-state index in [-0.39, 0.29) is 18.9 Å². The Morgan fingerprint density at radius 1 is 1.11 bits per heavy atom. The summed E-state index contributed by atoms with van der Waals surface area (Å²) in [6, 6.07) is 12.9. The monoisotopic (exact) mass is 383 g/mol. The van der Waals surface area contributed by atoms with E-state index in [2.05, 4.69) is 21.8 Å². The van der Waals surface area contributed by atoms with E-state index < -0.39 is 5.69 Å². The van der Waals surface area contributed by atoms with E-state index in [4.69, 9.17) is 11.6 Å². The first-order valence-corrected chi connectivity index (χ1v) is 9.19. The summed E-state index contributed by atoms with van der Waals surface area (Å²) in [6.07, 6.45) is 3.45. The van der Waals surface area contributed by atoms with Gasteiger partial charge in [0, 0.05) is 12.1 Å². The summed E-state index contributed by atoms with van der Waals surface area (Å²) < 4.78 is 2.28. The predicted octanol–water partition coefficient (Wildman–Crippen LogP) is 2.60. The van der Waals surface area contributed by atoms with Gasteiger partial charge in [-0.15, -0.1) is 0 Å². The van der Waals surface area contributed by atoms with Crippen LogP contribution in [0.25, 0.3) is 5.69 Å². The molecule has 0 bridgehead atoms. The Hall–Kier alpha value is -2.93. The number of nitrogens with one attached hydrogen (secondary N) is 1. The molecule has 1 aliphatic carbocycles. The lowest BCUT2D eigenvalue weighted by molar-refractivity contribution is -0.116. The first kappa shape index (κ1) is 17.5. The number of anilines is 1. The SMILES string of the molecule is O=C(CCn1nnn(-c2ccccc2Cl)c1=O)Nc1ccc2c(c1)CCC2. The number of aromatic nitrogens is 4. The zero-order chi connectivity index (χ0) is 18.8. The lowest BCUT2D eigenvalue weighted by Crippen LogP contribution is -2.26. The van der Waals surface area contributed by atoms with Crippen molar-refractivity contribution in [3.63, 3.8) is 0 Å². The molecule has 1 amide bonds. The van der Waals surface area contributed by atoms with Gasteiger partial charge in [0.25, 0.3) is 0 Å². The van der Waals surface area contributed by atoms with Crippen LogP contribution in [-0.2, 0) is 24.2 Å². The quantitative estimate of drug-likeness (QED) is 0.734. The molecule has 0 radical (unpaired) electrons. The number of halogens is 1. The lowest BCUT2D eigenvalue weighted by atomic mass is 10.1. The van der Waals surface area contributed by atoms with Crippen LogP contribution in [0, 0.1) is 0 Å². The number of carbonyl (C=O) groups is 1. The minimum Gasteiger partial charge on any atom is -0.326 e. The normalized spacial score (nSPS) is 12.8. The molecule has 0 spiro atoms. The maximum Gasteiger partial charge on any atom is 0.368 e. The van der Waals surface area contributed by atoms with Crippen molar-refractivity contribution in [1.82, 2.24) is 19.8 Å². The smallest absolute Gasteiger partial charge is 0.326 e. The highest BCUT2D eigenvalue weighted by Crippen LogP contribution is 2.25. The molecule has 0 saturated carbocycles. The standard InChI is InChI=1S/C19H18ClN5O2/c20-16-6-1-2-7-17(16)25-19(27)24(22-23-25)11-10-18(26)21-15-9-8-13-4-3-5-14(13)12-15/h1-2,6-9,12H,3-5,10-11H2,(H,21,26). The third-order valence-electron chi connectivity index (χ3n) is 4.65. The first-order valence-electron chi connectivity index (χ1n) is 8.81. The Kier molecular flexibility index (Phi) is 4.77. The summed E-state index contributed by atoms with van der Waals surface area (Å²) in [7, 11) is 0. The van der Waals surface area contributed by atoms with E-state index in [0.29, 0.717) is 10.7 Å². The van der Waals surface area contributed by atoms with Gasteiger partial charge >= 0.3 is 5.69 Å². The molecule has 4 rings (SSSR count). The molecular formula is C19H18ClN5O2. The average molecular weight is 384 g/mol. The van der Waals surface area contributed by atoms with Gasteiger partial charge in [0.15, 0.2) is 0 Å². The molecule has 138 valence electrons. The van der Waals surface area contributed by atoms with Gasteiger partial charge in [-0.25, -0.2) is 4.79 Å². The fourth-order valence-electron chi connectivity index (χ4n) is 3.27. The molecule has 1 heterocycles. The number of hydrogen-bond donors (Lipinski definition) is 1. The fourth-order valence-corrected chi connectivity index (χ4v) is 3.49. The van der Waals surface area contributed by atoms with Crippen LogP contribution in [0.15, 0.2) is 47.3 Å².